The predicted octanol–water partition coefficient (Wildman–Crippen LogP) is 2.15. The van der Waals surface area contributed by atoms with E-state index < -0.39 is 25.9 Å². The van der Waals surface area contributed by atoms with E-state index in [0.29, 0.717) is 6.54 Å². The predicted molar refractivity (Wildman–Crippen MR) is 108 cm³/mol. The van der Waals surface area contributed by atoms with Gasteiger partial charge in [0.1, 0.15) is 5.25 Å². The molecule has 1 saturated heterocycles. The fraction of sp³-hybridized carbons (Fsp3) is 0.350. The fourth-order valence-electron chi connectivity index (χ4n) is 3.36. The van der Waals surface area contributed by atoms with Gasteiger partial charge in [0, 0.05) is 37.8 Å². The molecule has 1 heterocycles. The molecule has 2 aromatic rings. The van der Waals surface area contributed by atoms with Crippen molar-refractivity contribution >= 4 is 21.4 Å². The Hall–Kier alpha value is -2.78. The number of hydrogen-bond donors (Lipinski definition) is 1. The third-order valence-electron chi connectivity index (χ3n) is 5.08. The van der Waals surface area contributed by atoms with Crippen molar-refractivity contribution in [3.05, 3.63) is 70.3 Å². The maximum Gasteiger partial charge on any atom is 0.269 e. The second-order valence-corrected chi connectivity index (χ2v) is 9.42. The molecule has 3 rings (SSSR count). The van der Waals surface area contributed by atoms with Crippen molar-refractivity contribution in [3.8, 4) is 0 Å². The third-order valence-corrected chi connectivity index (χ3v) is 7.15. The fourth-order valence-corrected chi connectivity index (χ4v) is 4.63. The second-order valence-electron chi connectivity index (χ2n) is 7.15. The zero-order valence-electron chi connectivity index (χ0n) is 16.0. The maximum atomic E-state index is 12.7. The molecule has 0 unspecified atom stereocenters. The average Bonchev–Trinajstić information content (AvgIpc) is 3.14. The zero-order chi connectivity index (χ0) is 21.0. The lowest BCUT2D eigenvalue weighted by atomic mass is 10.2. The van der Waals surface area contributed by atoms with Crippen LogP contribution in [0.5, 0.6) is 0 Å². The normalized spacial score (nSPS) is 18.3. The molecular formula is C20H23N3O5S. The third kappa shape index (κ3) is 4.99. The van der Waals surface area contributed by atoms with E-state index in [-0.39, 0.29) is 16.6 Å². The highest BCUT2D eigenvalue weighted by atomic mass is 32.2. The summed E-state index contributed by atoms with van der Waals surface area (Å²) in [5.74, 6) is -0.560. The molecule has 0 aromatic heterocycles. The van der Waals surface area contributed by atoms with Gasteiger partial charge < -0.3 is 5.32 Å². The van der Waals surface area contributed by atoms with Crippen molar-refractivity contribution in [2.45, 2.75) is 36.1 Å². The lowest BCUT2D eigenvalue weighted by molar-refractivity contribution is -0.384. The average molecular weight is 417 g/mol. The number of nitro groups is 1. The molecule has 0 saturated carbocycles. The summed E-state index contributed by atoms with van der Waals surface area (Å²) < 4.78 is 25.4. The number of benzene rings is 2. The summed E-state index contributed by atoms with van der Waals surface area (Å²) in [5.41, 5.74) is 0.985. The summed E-state index contributed by atoms with van der Waals surface area (Å²) in [6, 6.07) is 14.5. The first-order chi connectivity index (χ1) is 13.8. The smallest absolute Gasteiger partial charge is 0.269 e. The summed E-state index contributed by atoms with van der Waals surface area (Å²) in [7, 11) is -3.93. The summed E-state index contributed by atoms with van der Waals surface area (Å²) >= 11 is 0. The minimum atomic E-state index is -3.93. The Bertz CT molecular complexity index is 977. The summed E-state index contributed by atoms with van der Waals surface area (Å²) in [6.07, 6.45) is 0.753. The molecule has 2 aromatic carbocycles. The minimum absolute atomic E-state index is 0.108. The lowest BCUT2D eigenvalue weighted by Crippen LogP contribution is -2.44. The molecule has 1 fully saturated rings. The van der Waals surface area contributed by atoms with Gasteiger partial charge in [-0.2, -0.15) is 0 Å². The van der Waals surface area contributed by atoms with Gasteiger partial charge in [0.15, 0.2) is 9.84 Å². The van der Waals surface area contributed by atoms with Gasteiger partial charge >= 0.3 is 0 Å². The minimum Gasteiger partial charge on any atom is -0.351 e. The van der Waals surface area contributed by atoms with Gasteiger partial charge in [-0.15, -0.1) is 0 Å². The molecule has 0 radical (unpaired) electrons. The number of nitrogens with zero attached hydrogens (tertiary/aromatic N) is 2. The van der Waals surface area contributed by atoms with Crippen LogP contribution in [0.4, 0.5) is 5.69 Å². The number of nitrogens with one attached hydrogen (secondary N) is 1. The number of carbonyl (C=O) groups is 1. The maximum absolute atomic E-state index is 12.7. The van der Waals surface area contributed by atoms with Crippen LogP contribution in [0.2, 0.25) is 0 Å². The van der Waals surface area contributed by atoms with Crippen molar-refractivity contribution in [2.24, 2.45) is 0 Å². The topological polar surface area (TPSA) is 110 Å². The number of rotatable bonds is 7. The Morgan fingerprint density at radius 3 is 2.48 bits per heavy atom. The molecular weight excluding hydrogens is 394 g/mol. The van der Waals surface area contributed by atoms with E-state index in [1.165, 1.54) is 12.5 Å². The van der Waals surface area contributed by atoms with E-state index in [1.807, 2.05) is 30.3 Å². The SMILES string of the molecule is C[C@@H](C(=O)N[C@@H]1CCN(Cc2ccccc2)C1)S(=O)(=O)c1ccc([N+](=O)[O-])cc1. The molecule has 1 aliphatic rings. The lowest BCUT2D eigenvalue weighted by Gasteiger charge is -2.19. The highest BCUT2D eigenvalue weighted by molar-refractivity contribution is 7.92. The van der Waals surface area contributed by atoms with Gasteiger partial charge in [0.2, 0.25) is 5.91 Å². The first kappa shape index (κ1) is 20.9. The van der Waals surface area contributed by atoms with Gasteiger partial charge in [-0.3, -0.25) is 19.8 Å². The van der Waals surface area contributed by atoms with Crippen LogP contribution in [0.1, 0.15) is 18.9 Å². The molecule has 1 aliphatic heterocycles. The van der Waals surface area contributed by atoms with Crippen molar-refractivity contribution in [1.82, 2.24) is 10.2 Å². The molecule has 8 nitrogen and oxygen atoms in total. The van der Waals surface area contributed by atoms with Gasteiger partial charge in [0.05, 0.1) is 9.82 Å². The Balaban J connectivity index is 1.59. The van der Waals surface area contributed by atoms with E-state index in [2.05, 4.69) is 10.2 Å². The van der Waals surface area contributed by atoms with E-state index in [4.69, 9.17) is 0 Å². The van der Waals surface area contributed by atoms with E-state index in [9.17, 15) is 23.3 Å². The van der Waals surface area contributed by atoms with Crippen LogP contribution in [-0.2, 0) is 21.2 Å². The number of sulfone groups is 1. The van der Waals surface area contributed by atoms with E-state index in [1.54, 1.807) is 0 Å². The van der Waals surface area contributed by atoms with Gasteiger partial charge in [-0.25, -0.2) is 8.42 Å². The first-order valence-electron chi connectivity index (χ1n) is 9.32. The van der Waals surface area contributed by atoms with Gasteiger partial charge in [0.25, 0.3) is 5.69 Å². The highest BCUT2D eigenvalue weighted by Gasteiger charge is 2.33. The number of non-ortho nitro benzene ring substituents is 1. The Labute approximate surface area is 169 Å². The molecule has 1 N–H and O–H groups in total. The summed E-state index contributed by atoms with van der Waals surface area (Å²) in [4.78, 5) is 24.8. The molecule has 154 valence electrons. The van der Waals surface area contributed by atoms with E-state index >= 15 is 0 Å². The molecule has 0 aliphatic carbocycles. The molecule has 1 amide bonds. The molecule has 2 atom stereocenters. The molecule has 0 spiro atoms. The number of carbonyl (C=O) groups excluding carboxylic acids is 1. The number of likely N-dealkylation sites (tertiary alicyclic amines) is 1. The van der Waals surface area contributed by atoms with Gasteiger partial charge in [-0.05, 0) is 31.0 Å². The largest absolute Gasteiger partial charge is 0.351 e. The number of amides is 1. The van der Waals surface area contributed by atoms with Gasteiger partial charge in [-0.1, -0.05) is 30.3 Å². The monoisotopic (exact) mass is 417 g/mol. The summed E-state index contributed by atoms with van der Waals surface area (Å²) in [5, 5.41) is 12.3. The van der Waals surface area contributed by atoms with Crippen molar-refractivity contribution in [1.29, 1.82) is 0 Å². The quantitative estimate of drug-likeness (QED) is 0.546. The standard InChI is InChI=1S/C20H23N3O5S/c1-15(29(27,28)19-9-7-18(8-10-19)23(25)26)20(24)21-17-11-12-22(14-17)13-16-5-3-2-4-6-16/h2-10,15,17H,11-14H2,1H3,(H,21,24)/t15-,17+/m0/s1. The van der Waals surface area contributed by atoms with E-state index in [0.717, 1.165) is 43.8 Å². The van der Waals surface area contributed by atoms with Crippen LogP contribution in [0.25, 0.3) is 0 Å². The van der Waals surface area contributed by atoms with Crippen molar-refractivity contribution in [2.75, 3.05) is 13.1 Å². The van der Waals surface area contributed by atoms with Crippen LogP contribution in [-0.4, -0.2) is 48.5 Å². The van der Waals surface area contributed by atoms with Crippen molar-refractivity contribution in [3.63, 3.8) is 0 Å². The van der Waals surface area contributed by atoms with Crippen LogP contribution in [0.15, 0.2) is 59.5 Å². The number of nitro benzene ring substituents is 1. The summed E-state index contributed by atoms with van der Waals surface area (Å²) in [6.45, 7) is 3.60. The molecule has 0 bridgehead atoms. The molecule has 29 heavy (non-hydrogen) atoms. The molecule has 9 heteroatoms. The second kappa shape index (κ2) is 8.71. The Kier molecular flexibility index (Phi) is 6.29. The highest BCUT2D eigenvalue weighted by Crippen LogP contribution is 2.21. The van der Waals surface area contributed by atoms with Crippen LogP contribution >= 0.6 is 0 Å². The Morgan fingerprint density at radius 2 is 1.86 bits per heavy atom. The number of hydrogen-bond acceptors (Lipinski definition) is 6. The van der Waals surface area contributed by atoms with Crippen LogP contribution in [0, 0.1) is 10.1 Å². The van der Waals surface area contributed by atoms with Crippen LogP contribution < -0.4 is 5.32 Å². The van der Waals surface area contributed by atoms with Crippen LogP contribution in [0.3, 0.4) is 0 Å². The Morgan fingerprint density at radius 1 is 1.21 bits per heavy atom. The zero-order valence-corrected chi connectivity index (χ0v) is 16.8. The first-order valence-corrected chi connectivity index (χ1v) is 10.9. The van der Waals surface area contributed by atoms with Crippen molar-refractivity contribution < 1.29 is 18.1 Å².